The lowest BCUT2D eigenvalue weighted by atomic mass is 9.88. The molecule has 0 aliphatic carbocycles. The molecule has 0 saturated carbocycles. The van der Waals surface area contributed by atoms with E-state index in [1.165, 1.54) is 0 Å². The molecule has 280 valence electrons. The molecule has 11 nitrogen and oxygen atoms in total. The Bertz CT molecular complexity index is 1740. The molecule has 4 aromatic carbocycles. The number of anilines is 1. The van der Waals surface area contributed by atoms with Gasteiger partial charge in [0.1, 0.15) is 49.4 Å². The molecule has 2 amide bonds. The molecule has 2 aliphatic heterocycles. The Balaban J connectivity index is 1.10. The van der Waals surface area contributed by atoms with Gasteiger partial charge in [-0.05, 0) is 78.3 Å². The number of amides is 2. The Kier molecular flexibility index (Phi) is 13.6. The molecular formula is C42H48N2O9. The molecule has 2 aliphatic rings. The molecule has 4 aromatic rings. The first-order valence-electron chi connectivity index (χ1n) is 18.1. The molecule has 2 heterocycles. The maximum atomic E-state index is 13.5. The van der Waals surface area contributed by atoms with Crippen LogP contribution in [0.2, 0.25) is 0 Å². The summed E-state index contributed by atoms with van der Waals surface area (Å²) < 4.78 is 40.7. The van der Waals surface area contributed by atoms with Gasteiger partial charge in [0, 0.05) is 33.9 Å². The molecule has 3 atom stereocenters. The number of fused-ring (bicyclic) bond motifs is 1. The third-order valence-corrected chi connectivity index (χ3v) is 9.43. The van der Waals surface area contributed by atoms with Crippen LogP contribution in [-0.2, 0) is 37.0 Å². The number of carbonyl (C=O) groups excluding carboxylic acids is 2. The van der Waals surface area contributed by atoms with Gasteiger partial charge in [-0.2, -0.15) is 0 Å². The highest BCUT2D eigenvalue weighted by atomic mass is 16.6. The summed E-state index contributed by atoms with van der Waals surface area (Å²) in [7, 11) is 3.29. The van der Waals surface area contributed by atoms with E-state index in [1.807, 2.05) is 91.0 Å². The lowest BCUT2D eigenvalue weighted by molar-refractivity contribution is -0.121. The summed E-state index contributed by atoms with van der Waals surface area (Å²) >= 11 is 0. The summed E-state index contributed by atoms with van der Waals surface area (Å²) in [6.45, 7) is 2.67. The molecule has 11 heteroatoms. The van der Waals surface area contributed by atoms with Gasteiger partial charge in [0.05, 0.1) is 12.3 Å². The van der Waals surface area contributed by atoms with Crippen molar-refractivity contribution in [1.82, 2.24) is 4.90 Å². The molecule has 0 N–H and O–H groups in total. The maximum absolute atomic E-state index is 13.5. The van der Waals surface area contributed by atoms with Gasteiger partial charge < -0.3 is 38.1 Å². The van der Waals surface area contributed by atoms with Crippen LogP contribution in [0.4, 0.5) is 10.5 Å². The summed E-state index contributed by atoms with van der Waals surface area (Å²) in [5.41, 5.74) is 3.62. The Morgan fingerprint density at radius 3 is 2.28 bits per heavy atom. The molecule has 1 saturated heterocycles. The van der Waals surface area contributed by atoms with Gasteiger partial charge in [-0.3, -0.25) is 9.69 Å². The number of benzene rings is 4. The second-order valence-electron chi connectivity index (χ2n) is 13.1. The van der Waals surface area contributed by atoms with E-state index in [0.29, 0.717) is 57.2 Å². The average molecular weight is 725 g/mol. The monoisotopic (exact) mass is 724 g/mol. The highest BCUT2D eigenvalue weighted by molar-refractivity contribution is 5.97. The van der Waals surface area contributed by atoms with Crippen molar-refractivity contribution in [3.8, 4) is 17.2 Å². The highest BCUT2D eigenvalue weighted by Crippen LogP contribution is 2.36. The quantitative estimate of drug-likeness (QED) is 0.107. The van der Waals surface area contributed by atoms with Crippen LogP contribution in [0.25, 0.3) is 0 Å². The van der Waals surface area contributed by atoms with E-state index in [0.717, 1.165) is 34.6 Å². The first-order valence-corrected chi connectivity index (χ1v) is 18.1. The van der Waals surface area contributed by atoms with E-state index < -0.39 is 12.3 Å². The standard InChI is InChI=1S/C42H48N2O9/c1-47-23-9-21-43-38-24-32(14-19-39(38)51-30-40(43)45)27-52-41-25-34(20-22-44(41)42(46)53-26-31-10-5-3-6-11-31)33-15-17-36(18-16-33)50-29-37(48-2)28-49-35-12-7-4-8-13-35/h3-8,10-19,24,34,37,41H,9,20-23,25-30H2,1-2H3/t34?,37-,41?/m1/s1. The number of ether oxygens (including phenoxy) is 7. The first-order chi connectivity index (χ1) is 26.0. The largest absolute Gasteiger partial charge is 0.491 e. The number of likely N-dealkylation sites (tertiary alicyclic amines) is 1. The van der Waals surface area contributed by atoms with Crippen molar-refractivity contribution in [2.75, 3.05) is 58.6 Å². The van der Waals surface area contributed by atoms with Gasteiger partial charge in [-0.15, -0.1) is 0 Å². The van der Waals surface area contributed by atoms with Crippen molar-refractivity contribution in [2.45, 2.75) is 50.7 Å². The number of rotatable bonds is 17. The van der Waals surface area contributed by atoms with E-state index in [-0.39, 0.29) is 37.7 Å². The Labute approximate surface area is 311 Å². The van der Waals surface area contributed by atoms with Gasteiger partial charge in [-0.1, -0.05) is 66.7 Å². The zero-order valence-corrected chi connectivity index (χ0v) is 30.4. The predicted molar refractivity (Wildman–Crippen MR) is 199 cm³/mol. The normalized spacial score (nSPS) is 17.4. The van der Waals surface area contributed by atoms with Crippen molar-refractivity contribution >= 4 is 17.7 Å². The minimum atomic E-state index is -0.535. The topological polar surface area (TPSA) is 105 Å². The fourth-order valence-corrected chi connectivity index (χ4v) is 6.46. The van der Waals surface area contributed by atoms with Crippen molar-refractivity contribution in [1.29, 1.82) is 0 Å². The van der Waals surface area contributed by atoms with E-state index in [9.17, 15) is 9.59 Å². The van der Waals surface area contributed by atoms with Crippen molar-refractivity contribution < 1.29 is 42.7 Å². The molecule has 0 spiro atoms. The molecule has 0 radical (unpaired) electrons. The number of hydrogen-bond acceptors (Lipinski definition) is 9. The van der Waals surface area contributed by atoms with Gasteiger partial charge in [0.25, 0.3) is 5.91 Å². The van der Waals surface area contributed by atoms with Gasteiger partial charge in [0.15, 0.2) is 6.61 Å². The second kappa shape index (κ2) is 19.1. The minimum Gasteiger partial charge on any atom is -0.491 e. The summed E-state index contributed by atoms with van der Waals surface area (Å²) in [4.78, 5) is 29.6. The Morgan fingerprint density at radius 2 is 1.57 bits per heavy atom. The van der Waals surface area contributed by atoms with Crippen LogP contribution in [0, 0.1) is 0 Å². The van der Waals surface area contributed by atoms with Crippen LogP contribution in [0.1, 0.15) is 41.9 Å². The van der Waals surface area contributed by atoms with Crippen LogP contribution in [-0.4, -0.2) is 83.0 Å². The first kappa shape index (κ1) is 37.7. The third kappa shape index (κ3) is 10.5. The number of methoxy groups -OCH3 is 2. The Morgan fingerprint density at radius 1 is 0.849 bits per heavy atom. The average Bonchev–Trinajstić information content (AvgIpc) is 3.21. The maximum Gasteiger partial charge on any atom is 0.412 e. The van der Waals surface area contributed by atoms with Crippen molar-refractivity contribution in [3.63, 3.8) is 0 Å². The third-order valence-electron chi connectivity index (χ3n) is 9.43. The van der Waals surface area contributed by atoms with Crippen molar-refractivity contribution in [3.05, 3.63) is 120 Å². The molecular weight excluding hydrogens is 676 g/mol. The summed E-state index contributed by atoms with van der Waals surface area (Å²) in [6, 6.07) is 33.0. The lowest BCUT2D eigenvalue weighted by Crippen LogP contribution is -2.47. The lowest BCUT2D eigenvalue weighted by Gasteiger charge is -2.38. The van der Waals surface area contributed by atoms with E-state index in [1.54, 1.807) is 24.0 Å². The van der Waals surface area contributed by atoms with Crippen molar-refractivity contribution in [2.24, 2.45) is 0 Å². The van der Waals surface area contributed by atoms with Crippen LogP contribution >= 0.6 is 0 Å². The molecule has 1 fully saturated rings. The van der Waals surface area contributed by atoms with Crippen LogP contribution in [0.3, 0.4) is 0 Å². The number of carbonyl (C=O) groups is 2. The van der Waals surface area contributed by atoms with E-state index in [4.69, 9.17) is 33.2 Å². The summed E-state index contributed by atoms with van der Waals surface area (Å²) in [5.74, 6) is 2.22. The Hall–Kier alpha value is -5.10. The SMILES string of the molecule is COCCCN1C(=O)COc2ccc(COC3CC(c4ccc(OC[C@@H](COc5ccccc5)OC)cc4)CCN3C(=O)OCc3ccccc3)cc21. The predicted octanol–water partition coefficient (Wildman–Crippen LogP) is 6.98. The summed E-state index contributed by atoms with van der Waals surface area (Å²) in [6.07, 6.45) is 0.846. The molecule has 0 aromatic heterocycles. The van der Waals surface area contributed by atoms with Gasteiger partial charge in [-0.25, -0.2) is 4.79 Å². The van der Waals surface area contributed by atoms with Gasteiger partial charge in [0.2, 0.25) is 0 Å². The number of nitrogens with zero attached hydrogens (tertiary/aromatic N) is 2. The highest BCUT2D eigenvalue weighted by Gasteiger charge is 2.34. The van der Waals surface area contributed by atoms with Crippen LogP contribution < -0.4 is 19.1 Å². The van der Waals surface area contributed by atoms with E-state index in [2.05, 4.69) is 12.1 Å². The molecule has 6 rings (SSSR count). The smallest absolute Gasteiger partial charge is 0.412 e. The summed E-state index contributed by atoms with van der Waals surface area (Å²) in [5, 5.41) is 0. The number of para-hydroxylation sites is 1. The van der Waals surface area contributed by atoms with E-state index >= 15 is 0 Å². The molecule has 0 bridgehead atoms. The molecule has 2 unspecified atom stereocenters. The van der Waals surface area contributed by atoms with Gasteiger partial charge >= 0.3 is 6.09 Å². The zero-order valence-electron chi connectivity index (χ0n) is 30.4. The van der Waals surface area contributed by atoms with Crippen LogP contribution in [0.5, 0.6) is 17.2 Å². The molecule has 53 heavy (non-hydrogen) atoms. The fraction of sp³-hybridized carbons (Fsp3) is 0.381. The number of hydrogen-bond donors (Lipinski definition) is 0. The fourth-order valence-electron chi connectivity index (χ4n) is 6.46. The minimum absolute atomic E-state index is 0.00381. The van der Waals surface area contributed by atoms with Crippen LogP contribution in [0.15, 0.2) is 103 Å². The number of piperidine rings is 1. The zero-order chi connectivity index (χ0) is 36.8. The second-order valence-corrected chi connectivity index (χ2v) is 13.1.